The molecule has 2 N–H and O–H groups in total. The summed E-state index contributed by atoms with van der Waals surface area (Å²) < 4.78 is 38.9. The van der Waals surface area contributed by atoms with Crippen molar-refractivity contribution in [2.75, 3.05) is 13.2 Å². The van der Waals surface area contributed by atoms with Gasteiger partial charge in [-0.05, 0) is 42.0 Å². The number of carboxylic acids is 1. The molecule has 2 aromatic carbocycles. The number of benzene rings is 2. The van der Waals surface area contributed by atoms with Gasteiger partial charge in [0, 0.05) is 6.42 Å². The van der Waals surface area contributed by atoms with E-state index >= 15 is 0 Å². The lowest BCUT2D eigenvalue weighted by Crippen LogP contribution is -2.42. The minimum Gasteiger partial charge on any atom is -0.489 e. The Morgan fingerprint density at radius 2 is 1.76 bits per heavy atom. The van der Waals surface area contributed by atoms with Crippen LogP contribution in [0.25, 0.3) is 0 Å². The Morgan fingerprint density at radius 3 is 2.41 bits per heavy atom. The zero-order valence-electron chi connectivity index (χ0n) is 15.0. The number of fused-ring (bicyclic) bond motifs is 9. The van der Waals surface area contributed by atoms with Gasteiger partial charge in [0.1, 0.15) is 36.3 Å². The molecule has 0 aliphatic carbocycles. The average molecular weight is 424 g/mol. The molecule has 2 aromatic rings. The monoisotopic (exact) mass is 423 g/mol. The second-order valence-corrected chi connectivity index (χ2v) is 6.57. The number of carbonyl (C=O) groups is 2. The van der Waals surface area contributed by atoms with Crippen LogP contribution in [0.5, 0.6) is 11.5 Å². The largest absolute Gasteiger partial charge is 0.489 e. The molecule has 6 nitrogen and oxygen atoms in total. The van der Waals surface area contributed by atoms with Gasteiger partial charge in [-0.1, -0.05) is 17.7 Å². The summed E-state index contributed by atoms with van der Waals surface area (Å²) in [5.41, 5.74) is -0.199. The lowest BCUT2D eigenvalue weighted by atomic mass is 10.0. The van der Waals surface area contributed by atoms with Gasteiger partial charge in [0.05, 0.1) is 5.02 Å². The summed E-state index contributed by atoms with van der Waals surface area (Å²) in [4.78, 5) is 24.2. The molecule has 0 aromatic heterocycles. The maximum Gasteiger partial charge on any atom is 0.326 e. The molecule has 0 saturated carbocycles. The van der Waals surface area contributed by atoms with Gasteiger partial charge in [-0.2, -0.15) is 0 Å². The number of halogens is 3. The SMILES string of the molecule is O=C1N[C@H](C(=O)O)Cc2ccc(c(Cl)c2)OCC=CCOc2ccc(F)c(F)c21. The van der Waals surface area contributed by atoms with Gasteiger partial charge in [0.2, 0.25) is 0 Å². The summed E-state index contributed by atoms with van der Waals surface area (Å²) in [6.07, 6.45) is 3.07. The second-order valence-electron chi connectivity index (χ2n) is 6.16. The Kier molecular flexibility index (Phi) is 6.33. The van der Waals surface area contributed by atoms with Crippen molar-refractivity contribution in [3.63, 3.8) is 0 Å². The van der Waals surface area contributed by atoms with Crippen molar-refractivity contribution in [2.45, 2.75) is 12.5 Å². The summed E-state index contributed by atoms with van der Waals surface area (Å²) in [7, 11) is 0. The molecule has 29 heavy (non-hydrogen) atoms. The third kappa shape index (κ3) is 4.83. The molecule has 4 rings (SSSR count). The van der Waals surface area contributed by atoms with Crippen LogP contribution in [-0.2, 0) is 11.2 Å². The summed E-state index contributed by atoms with van der Waals surface area (Å²) >= 11 is 6.15. The number of aliphatic carboxylic acids is 1. The van der Waals surface area contributed by atoms with Crippen molar-refractivity contribution < 1.29 is 33.0 Å². The quantitative estimate of drug-likeness (QED) is 0.687. The van der Waals surface area contributed by atoms with Crippen molar-refractivity contribution in [2.24, 2.45) is 0 Å². The Labute approximate surface area is 169 Å². The highest BCUT2D eigenvalue weighted by Crippen LogP contribution is 2.27. The van der Waals surface area contributed by atoms with Crippen molar-refractivity contribution in [3.05, 3.63) is 70.3 Å². The summed E-state index contributed by atoms with van der Waals surface area (Å²) in [6, 6.07) is 5.23. The van der Waals surface area contributed by atoms with E-state index in [0.29, 0.717) is 11.3 Å². The van der Waals surface area contributed by atoms with Crippen LogP contribution in [0.1, 0.15) is 15.9 Å². The van der Waals surface area contributed by atoms with Crippen molar-refractivity contribution in [1.29, 1.82) is 0 Å². The molecule has 1 atom stereocenters. The summed E-state index contributed by atoms with van der Waals surface area (Å²) in [6.45, 7) is 0.120. The first-order chi connectivity index (χ1) is 13.9. The highest BCUT2D eigenvalue weighted by atomic mass is 35.5. The van der Waals surface area contributed by atoms with Crippen LogP contribution in [0.3, 0.4) is 0 Å². The number of amides is 1. The van der Waals surface area contributed by atoms with Crippen LogP contribution in [0.2, 0.25) is 5.02 Å². The summed E-state index contributed by atoms with van der Waals surface area (Å²) in [5.74, 6) is -4.94. The maximum atomic E-state index is 14.3. The van der Waals surface area contributed by atoms with Crippen molar-refractivity contribution in [1.82, 2.24) is 5.32 Å². The third-order valence-corrected chi connectivity index (χ3v) is 4.46. The molecule has 9 heteroatoms. The lowest BCUT2D eigenvalue weighted by Gasteiger charge is -2.18. The average Bonchev–Trinajstić information content (AvgIpc) is 2.67. The zero-order chi connectivity index (χ0) is 21.0. The van der Waals surface area contributed by atoms with E-state index in [1.54, 1.807) is 24.3 Å². The van der Waals surface area contributed by atoms with Gasteiger partial charge in [-0.15, -0.1) is 0 Å². The Morgan fingerprint density at radius 1 is 1.10 bits per heavy atom. The van der Waals surface area contributed by atoms with E-state index in [4.69, 9.17) is 21.1 Å². The molecule has 2 bridgehead atoms. The van der Waals surface area contributed by atoms with Crippen LogP contribution in [0.4, 0.5) is 8.78 Å². The number of carbonyl (C=O) groups excluding carboxylic acids is 1. The summed E-state index contributed by atoms with van der Waals surface area (Å²) in [5, 5.41) is 11.9. The first-order valence-electron chi connectivity index (χ1n) is 8.57. The van der Waals surface area contributed by atoms with Crippen LogP contribution in [0.15, 0.2) is 42.5 Å². The Hall–Kier alpha value is -3.13. The number of hydrogen-bond acceptors (Lipinski definition) is 4. The fraction of sp³-hybridized carbons (Fsp3) is 0.200. The van der Waals surface area contributed by atoms with Gasteiger partial charge < -0.3 is 19.9 Å². The van der Waals surface area contributed by atoms with Crippen LogP contribution >= 0.6 is 11.6 Å². The molecule has 0 saturated heterocycles. The van der Waals surface area contributed by atoms with E-state index in [9.17, 15) is 23.5 Å². The van der Waals surface area contributed by atoms with Crippen LogP contribution < -0.4 is 14.8 Å². The van der Waals surface area contributed by atoms with Crippen molar-refractivity contribution in [3.8, 4) is 11.5 Å². The topological polar surface area (TPSA) is 84.9 Å². The highest BCUT2D eigenvalue weighted by Gasteiger charge is 2.27. The van der Waals surface area contributed by atoms with E-state index in [1.807, 2.05) is 0 Å². The molecule has 1 amide bonds. The highest BCUT2D eigenvalue weighted by molar-refractivity contribution is 6.32. The van der Waals surface area contributed by atoms with Gasteiger partial charge in [-0.25, -0.2) is 13.6 Å². The first kappa shape index (κ1) is 20.6. The van der Waals surface area contributed by atoms with E-state index in [0.717, 1.165) is 12.1 Å². The van der Waals surface area contributed by atoms with Crippen LogP contribution in [0, 0.1) is 11.6 Å². The predicted octanol–water partition coefficient (Wildman–Crippen LogP) is 3.37. The molecular weight excluding hydrogens is 408 g/mol. The molecule has 0 unspecified atom stereocenters. The normalized spacial score (nSPS) is 17.1. The number of hydrogen-bond donors (Lipinski definition) is 2. The standard InChI is InChI=1S/C20H16ClF2NO5/c21-12-9-11-3-5-15(12)28-7-1-2-8-29-16-6-4-13(22)18(23)17(16)19(25)24-14(10-11)20(26)27/h1-6,9,14H,7-8,10H2,(H,24,25)(H,26,27)/t14-/m0/s1. The zero-order valence-corrected chi connectivity index (χ0v) is 15.7. The fourth-order valence-corrected chi connectivity index (χ4v) is 2.99. The van der Waals surface area contributed by atoms with Gasteiger partial charge in [0.25, 0.3) is 5.91 Å². The molecule has 152 valence electrons. The second kappa shape index (κ2) is 8.91. The van der Waals surface area contributed by atoms with E-state index in [-0.39, 0.29) is 30.4 Å². The van der Waals surface area contributed by atoms with E-state index in [1.165, 1.54) is 6.07 Å². The lowest BCUT2D eigenvalue weighted by molar-refractivity contribution is -0.139. The minimum absolute atomic E-state index is 0.0518. The van der Waals surface area contributed by atoms with Crippen molar-refractivity contribution >= 4 is 23.5 Å². The Bertz CT molecular complexity index is 980. The van der Waals surface area contributed by atoms with Crippen LogP contribution in [-0.4, -0.2) is 36.2 Å². The number of rotatable bonds is 1. The van der Waals surface area contributed by atoms with Gasteiger partial charge in [0.15, 0.2) is 11.6 Å². The molecule has 0 spiro atoms. The molecule has 0 fully saturated rings. The molecule has 2 aliphatic rings. The van der Waals surface area contributed by atoms with Gasteiger partial charge >= 0.3 is 5.97 Å². The number of nitrogens with one attached hydrogen (secondary N) is 1. The minimum atomic E-state index is -1.43. The fourth-order valence-electron chi connectivity index (χ4n) is 2.73. The molecule has 2 heterocycles. The van der Waals surface area contributed by atoms with Gasteiger partial charge in [-0.3, -0.25) is 4.79 Å². The first-order valence-corrected chi connectivity index (χ1v) is 8.95. The molecular formula is C20H16ClF2NO5. The van der Waals surface area contributed by atoms with E-state index < -0.39 is 35.1 Å². The predicted molar refractivity (Wildman–Crippen MR) is 101 cm³/mol. The number of carboxylic acid groups (broad SMARTS) is 1. The molecule has 2 aliphatic heterocycles. The maximum absolute atomic E-state index is 14.3. The number of ether oxygens (including phenoxy) is 2. The van der Waals surface area contributed by atoms with E-state index in [2.05, 4.69) is 5.32 Å². The third-order valence-electron chi connectivity index (χ3n) is 4.16. The molecule has 0 radical (unpaired) electrons. The Balaban J connectivity index is 2.00. The smallest absolute Gasteiger partial charge is 0.326 e.